The van der Waals surface area contributed by atoms with Crippen molar-refractivity contribution in [3.05, 3.63) is 65.5 Å². The Balaban J connectivity index is 1.59. The molecule has 1 aromatic heterocycles. The largest absolute Gasteiger partial charge is 0.336 e. The van der Waals surface area contributed by atoms with Crippen LogP contribution in [0.15, 0.2) is 48.8 Å². The predicted octanol–water partition coefficient (Wildman–Crippen LogP) is 2.06. The van der Waals surface area contributed by atoms with E-state index >= 15 is 0 Å². The van der Waals surface area contributed by atoms with Gasteiger partial charge in [-0.25, -0.2) is 0 Å². The van der Waals surface area contributed by atoms with Crippen molar-refractivity contribution in [3.63, 3.8) is 0 Å². The highest BCUT2D eigenvalue weighted by Gasteiger charge is 2.25. The molecule has 5 heteroatoms. The Kier molecular flexibility index (Phi) is 5.23. The molecule has 0 aliphatic carbocycles. The monoisotopic (exact) mass is 324 g/mol. The summed E-state index contributed by atoms with van der Waals surface area (Å²) in [7, 11) is 0. The summed E-state index contributed by atoms with van der Waals surface area (Å²) >= 11 is 0. The summed E-state index contributed by atoms with van der Waals surface area (Å²) in [6, 6.07) is 12.0. The normalized spacial score (nSPS) is 16.8. The molecular weight excluding hydrogens is 300 g/mol. The molecule has 1 saturated heterocycles. The average Bonchev–Trinajstić information content (AvgIpc) is 2.68. The van der Waals surface area contributed by atoms with Gasteiger partial charge in [0.1, 0.15) is 0 Å². The second-order valence-corrected chi connectivity index (χ2v) is 6.19. The van der Waals surface area contributed by atoms with Gasteiger partial charge in [0.25, 0.3) is 5.91 Å². The fourth-order valence-electron chi connectivity index (χ4n) is 3.13. The van der Waals surface area contributed by atoms with Crippen LogP contribution in [0.1, 0.15) is 34.5 Å². The molecule has 1 atom stereocenters. The molecule has 1 unspecified atom stereocenters. The fraction of sp³-hybridized carbons (Fsp3) is 0.368. The molecule has 0 spiro atoms. The van der Waals surface area contributed by atoms with Crippen molar-refractivity contribution in [2.45, 2.75) is 19.5 Å². The highest BCUT2D eigenvalue weighted by atomic mass is 16.2. The maximum absolute atomic E-state index is 12.6. The molecule has 1 aliphatic rings. The first-order valence-electron chi connectivity index (χ1n) is 8.41. The number of carbonyl (C=O) groups excluding carboxylic acids is 1. The van der Waals surface area contributed by atoms with E-state index in [9.17, 15) is 4.79 Å². The SMILES string of the molecule is CC(c1ccncc1)N1CCN(C(=O)c2ccc(CN)cc2)CC1. The highest BCUT2D eigenvalue weighted by molar-refractivity contribution is 5.94. The number of benzene rings is 1. The molecule has 24 heavy (non-hydrogen) atoms. The number of carbonyl (C=O) groups is 1. The Morgan fingerprint density at radius 3 is 2.29 bits per heavy atom. The van der Waals surface area contributed by atoms with Gasteiger partial charge < -0.3 is 10.6 Å². The number of hydrogen-bond acceptors (Lipinski definition) is 4. The zero-order chi connectivity index (χ0) is 16.9. The van der Waals surface area contributed by atoms with Crippen molar-refractivity contribution in [1.82, 2.24) is 14.8 Å². The molecule has 1 aliphatic heterocycles. The van der Waals surface area contributed by atoms with Crippen LogP contribution in [0.2, 0.25) is 0 Å². The lowest BCUT2D eigenvalue weighted by Crippen LogP contribution is -2.49. The van der Waals surface area contributed by atoms with Crippen LogP contribution in [0.5, 0.6) is 0 Å². The first-order valence-corrected chi connectivity index (χ1v) is 8.41. The average molecular weight is 324 g/mol. The number of pyridine rings is 1. The lowest BCUT2D eigenvalue weighted by atomic mass is 10.1. The van der Waals surface area contributed by atoms with Gasteiger partial charge in [-0.2, -0.15) is 0 Å². The van der Waals surface area contributed by atoms with Crippen LogP contribution in [0.3, 0.4) is 0 Å². The number of aromatic nitrogens is 1. The molecule has 1 amide bonds. The van der Waals surface area contributed by atoms with Crippen molar-refractivity contribution in [3.8, 4) is 0 Å². The second kappa shape index (κ2) is 7.55. The molecule has 2 aromatic rings. The van der Waals surface area contributed by atoms with Crippen LogP contribution in [-0.2, 0) is 6.54 Å². The molecule has 5 nitrogen and oxygen atoms in total. The molecule has 0 radical (unpaired) electrons. The van der Waals surface area contributed by atoms with Crippen LogP contribution in [-0.4, -0.2) is 46.9 Å². The summed E-state index contributed by atoms with van der Waals surface area (Å²) < 4.78 is 0. The third-order valence-electron chi connectivity index (χ3n) is 4.77. The number of rotatable bonds is 4. The van der Waals surface area contributed by atoms with Crippen LogP contribution in [0, 0.1) is 0 Å². The second-order valence-electron chi connectivity index (χ2n) is 6.19. The van der Waals surface area contributed by atoms with Crippen LogP contribution in [0.4, 0.5) is 0 Å². The summed E-state index contributed by atoms with van der Waals surface area (Å²) in [5, 5.41) is 0. The number of nitrogens with two attached hydrogens (primary N) is 1. The van der Waals surface area contributed by atoms with E-state index in [1.54, 1.807) is 0 Å². The van der Waals surface area contributed by atoms with Gasteiger partial charge in [-0.1, -0.05) is 12.1 Å². The van der Waals surface area contributed by atoms with Gasteiger partial charge in [0.15, 0.2) is 0 Å². The lowest BCUT2D eigenvalue weighted by molar-refractivity contribution is 0.0582. The van der Waals surface area contributed by atoms with Crippen LogP contribution in [0.25, 0.3) is 0 Å². The maximum Gasteiger partial charge on any atom is 0.253 e. The van der Waals surface area contributed by atoms with E-state index in [1.807, 2.05) is 41.6 Å². The zero-order valence-corrected chi connectivity index (χ0v) is 14.1. The minimum absolute atomic E-state index is 0.106. The zero-order valence-electron chi connectivity index (χ0n) is 14.1. The van der Waals surface area contributed by atoms with Gasteiger partial charge in [-0.3, -0.25) is 14.7 Å². The molecule has 3 rings (SSSR count). The van der Waals surface area contributed by atoms with E-state index < -0.39 is 0 Å². The summed E-state index contributed by atoms with van der Waals surface area (Å²) in [5.41, 5.74) is 8.65. The van der Waals surface area contributed by atoms with Gasteiger partial charge >= 0.3 is 0 Å². The van der Waals surface area contributed by atoms with Gasteiger partial charge in [-0.05, 0) is 42.3 Å². The Morgan fingerprint density at radius 1 is 1.08 bits per heavy atom. The van der Waals surface area contributed by atoms with E-state index in [0.717, 1.165) is 37.3 Å². The van der Waals surface area contributed by atoms with Crippen molar-refractivity contribution in [2.24, 2.45) is 5.73 Å². The van der Waals surface area contributed by atoms with Crippen molar-refractivity contribution in [1.29, 1.82) is 0 Å². The van der Waals surface area contributed by atoms with Gasteiger partial charge in [0, 0.05) is 56.7 Å². The molecule has 0 saturated carbocycles. The van der Waals surface area contributed by atoms with Crippen LogP contribution < -0.4 is 5.73 Å². The van der Waals surface area contributed by atoms with Gasteiger partial charge in [0.2, 0.25) is 0 Å². The predicted molar refractivity (Wildman–Crippen MR) is 94.5 cm³/mol. The number of amides is 1. The molecular formula is C19H24N4O. The van der Waals surface area contributed by atoms with E-state index in [4.69, 9.17) is 5.73 Å². The van der Waals surface area contributed by atoms with Gasteiger partial charge in [0.05, 0.1) is 0 Å². The van der Waals surface area contributed by atoms with Crippen molar-refractivity contribution >= 4 is 5.91 Å². The molecule has 2 N–H and O–H groups in total. The standard InChI is InChI=1S/C19H24N4O/c1-15(17-6-8-21-9-7-17)22-10-12-23(13-11-22)19(24)18-4-2-16(14-20)3-5-18/h2-9,15H,10-14,20H2,1H3. The summed E-state index contributed by atoms with van der Waals surface area (Å²) in [6.45, 7) is 5.99. The Bertz CT molecular complexity index is 664. The Morgan fingerprint density at radius 2 is 1.71 bits per heavy atom. The number of hydrogen-bond donors (Lipinski definition) is 1. The maximum atomic E-state index is 12.6. The summed E-state index contributed by atoms with van der Waals surface area (Å²) in [4.78, 5) is 21.0. The van der Waals surface area contributed by atoms with E-state index in [-0.39, 0.29) is 5.91 Å². The summed E-state index contributed by atoms with van der Waals surface area (Å²) in [6.07, 6.45) is 3.66. The summed E-state index contributed by atoms with van der Waals surface area (Å²) in [5.74, 6) is 0.106. The molecule has 0 bridgehead atoms. The third kappa shape index (κ3) is 3.63. The quantitative estimate of drug-likeness (QED) is 0.935. The fourth-order valence-corrected chi connectivity index (χ4v) is 3.13. The Hall–Kier alpha value is -2.24. The number of piperazine rings is 1. The smallest absolute Gasteiger partial charge is 0.253 e. The topological polar surface area (TPSA) is 62.5 Å². The highest BCUT2D eigenvalue weighted by Crippen LogP contribution is 2.21. The van der Waals surface area contributed by atoms with E-state index in [2.05, 4.69) is 28.9 Å². The Labute approximate surface area is 143 Å². The molecule has 1 aromatic carbocycles. The minimum atomic E-state index is 0.106. The minimum Gasteiger partial charge on any atom is -0.336 e. The first-order chi connectivity index (χ1) is 11.7. The molecule has 1 fully saturated rings. The molecule has 126 valence electrons. The van der Waals surface area contributed by atoms with Crippen molar-refractivity contribution in [2.75, 3.05) is 26.2 Å². The molecule has 2 heterocycles. The van der Waals surface area contributed by atoms with E-state index in [1.165, 1.54) is 5.56 Å². The van der Waals surface area contributed by atoms with Gasteiger partial charge in [-0.15, -0.1) is 0 Å². The lowest BCUT2D eigenvalue weighted by Gasteiger charge is -2.38. The van der Waals surface area contributed by atoms with E-state index in [0.29, 0.717) is 12.6 Å². The third-order valence-corrected chi connectivity index (χ3v) is 4.77. The first kappa shape index (κ1) is 16.6. The van der Waals surface area contributed by atoms with Crippen LogP contribution >= 0.6 is 0 Å². The number of nitrogens with zero attached hydrogens (tertiary/aromatic N) is 3. The van der Waals surface area contributed by atoms with Crippen molar-refractivity contribution < 1.29 is 4.79 Å².